The van der Waals surface area contributed by atoms with E-state index in [9.17, 15) is 13.9 Å². The van der Waals surface area contributed by atoms with Crippen molar-refractivity contribution in [3.8, 4) is 0 Å². The Morgan fingerprint density at radius 1 is 1.14 bits per heavy atom. The number of rotatable bonds is 2. The van der Waals surface area contributed by atoms with E-state index in [0.717, 1.165) is 4.70 Å². The molecule has 2 aromatic carbocycles. The Kier molecular flexibility index (Phi) is 4.01. The minimum absolute atomic E-state index is 0.0706. The summed E-state index contributed by atoms with van der Waals surface area (Å²) in [5.41, 5.74) is 0.0928. The maximum absolute atomic E-state index is 14.1. The Bertz CT molecular complexity index is 834. The van der Waals surface area contributed by atoms with Gasteiger partial charge < -0.3 is 5.11 Å². The molecule has 6 heteroatoms. The van der Waals surface area contributed by atoms with Crippen molar-refractivity contribution in [2.75, 3.05) is 0 Å². The molecule has 1 nitrogen and oxygen atoms in total. The lowest BCUT2D eigenvalue weighted by molar-refractivity contribution is 0.219. The number of hydrogen-bond donors (Lipinski definition) is 1. The zero-order valence-electron chi connectivity index (χ0n) is 10.4. The van der Waals surface area contributed by atoms with Crippen LogP contribution in [0.25, 0.3) is 10.1 Å². The molecule has 3 rings (SSSR count). The molecule has 108 valence electrons. The van der Waals surface area contributed by atoms with Crippen molar-refractivity contribution in [1.29, 1.82) is 0 Å². The van der Waals surface area contributed by atoms with Gasteiger partial charge in [0.05, 0.1) is 5.02 Å². The molecule has 0 fully saturated rings. The Morgan fingerprint density at radius 3 is 2.67 bits per heavy atom. The maximum Gasteiger partial charge on any atom is 0.149 e. The molecular formula is C15H8BrClF2OS. The fraction of sp³-hybridized carbons (Fsp3) is 0.0667. The summed E-state index contributed by atoms with van der Waals surface area (Å²) in [4.78, 5) is 0.535. The van der Waals surface area contributed by atoms with Gasteiger partial charge in [-0.05, 0) is 51.6 Å². The van der Waals surface area contributed by atoms with Gasteiger partial charge in [0.15, 0.2) is 0 Å². The molecule has 1 aromatic heterocycles. The first kappa shape index (κ1) is 14.9. The Labute approximate surface area is 136 Å². The van der Waals surface area contributed by atoms with E-state index in [0.29, 0.717) is 14.7 Å². The molecule has 3 aromatic rings. The standard InChI is InChI=1S/C15H8BrClF2OS/c16-10-3-2-9(14(19)13(10)17)15(20)12-6-7-5-8(18)1-4-11(7)21-12/h1-6,15,20H. The van der Waals surface area contributed by atoms with Gasteiger partial charge in [-0.15, -0.1) is 11.3 Å². The lowest BCUT2D eigenvalue weighted by Gasteiger charge is -2.11. The largest absolute Gasteiger partial charge is 0.383 e. The summed E-state index contributed by atoms with van der Waals surface area (Å²) in [6, 6.07) is 9.08. The zero-order chi connectivity index (χ0) is 15.1. The fourth-order valence-corrected chi connectivity index (χ4v) is 3.60. The van der Waals surface area contributed by atoms with Gasteiger partial charge >= 0.3 is 0 Å². The molecule has 0 saturated carbocycles. The van der Waals surface area contributed by atoms with Crippen LogP contribution in [0, 0.1) is 11.6 Å². The molecule has 1 unspecified atom stereocenters. The summed E-state index contributed by atoms with van der Waals surface area (Å²) in [5, 5.41) is 11.0. The number of aliphatic hydroxyl groups excluding tert-OH is 1. The summed E-state index contributed by atoms with van der Waals surface area (Å²) >= 11 is 10.3. The summed E-state index contributed by atoms with van der Waals surface area (Å²) in [6.45, 7) is 0. The Balaban J connectivity index is 2.08. The van der Waals surface area contributed by atoms with Crippen molar-refractivity contribution in [3.63, 3.8) is 0 Å². The lowest BCUT2D eigenvalue weighted by atomic mass is 10.1. The minimum Gasteiger partial charge on any atom is -0.383 e. The number of fused-ring (bicyclic) bond motifs is 1. The number of halogens is 4. The first-order valence-corrected chi connectivity index (χ1v) is 7.96. The van der Waals surface area contributed by atoms with Crippen molar-refractivity contribution in [1.82, 2.24) is 0 Å². The Morgan fingerprint density at radius 2 is 1.90 bits per heavy atom. The monoisotopic (exact) mass is 388 g/mol. The number of thiophene rings is 1. The molecule has 1 heterocycles. The molecule has 0 bridgehead atoms. The summed E-state index contributed by atoms with van der Waals surface area (Å²) < 4.78 is 28.6. The normalized spacial score (nSPS) is 12.8. The van der Waals surface area contributed by atoms with Crippen molar-refractivity contribution < 1.29 is 13.9 Å². The van der Waals surface area contributed by atoms with E-state index in [1.807, 2.05) is 0 Å². The average Bonchev–Trinajstić information content (AvgIpc) is 2.87. The van der Waals surface area contributed by atoms with E-state index in [2.05, 4.69) is 15.9 Å². The second-order valence-electron chi connectivity index (χ2n) is 4.50. The van der Waals surface area contributed by atoms with Gasteiger partial charge in [-0.3, -0.25) is 0 Å². The molecule has 1 atom stereocenters. The van der Waals surface area contributed by atoms with Gasteiger partial charge in [-0.1, -0.05) is 17.7 Å². The third kappa shape index (κ3) is 2.71. The van der Waals surface area contributed by atoms with Crippen LogP contribution in [0.5, 0.6) is 0 Å². The number of aliphatic hydroxyl groups is 1. The van der Waals surface area contributed by atoms with Crippen molar-refractivity contribution >= 4 is 49.0 Å². The topological polar surface area (TPSA) is 20.2 Å². The highest BCUT2D eigenvalue weighted by molar-refractivity contribution is 9.10. The second kappa shape index (κ2) is 5.65. The molecule has 0 radical (unpaired) electrons. The number of hydrogen-bond acceptors (Lipinski definition) is 2. The highest BCUT2D eigenvalue weighted by Gasteiger charge is 2.20. The van der Waals surface area contributed by atoms with E-state index in [-0.39, 0.29) is 16.4 Å². The van der Waals surface area contributed by atoms with Crippen LogP contribution in [0.2, 0.25) is 5.02 Å². The molecule has 0 amide bonds. The molecule has 0 aliphatic heterocycles. The predicted octanol–water partition coefficient (Wildman–Crippen LogP) is 5.68. The van der Waals surface area contributed by atoms with E-state index < -0.39 is 11.9 Å². The van der Waals surface area contributed by atoms with Crippen LogP contribution in [-0.4, -0.2) is 5.11 Å². The predicted molar refractivity (Wildman–Crippen MR) is 85.0 cm³/mol. The molecule has 0 aliphatic carbocycles. The summed E-state index contributed by atoms with van der Waals surface area (Å²) in [5.74, 6) is -1.01. The van der Waals surface area contributed by atoms with Crippen LogP contribution in [0.1, 0.15) is 16.5 Å². The third-order valence-corrected chi connectivity index (χ3v) is 5.55. The van der Waals surface area contributed by atoms with Gasteiger partial charge in [0.1, 0.15) is 17.7 Å². The first-order valence-electron chi connectivity index (χ1n) is 5.98. The van der Waals surface area contributed by atoms with Gasteiger partial charge in [-0.2, -0.15) is 0 Å². The summed E-state index contributed by atoms with van der Waals surface area (Å²) in [7, 11) is 0. The van der Waals surface area contributed by atoms with Crippen LogP contribution in [0.3, 0.4) is 0 Å². The second-order valence-corrected chi connectivity index (χ2v) is 6.85. The van der Waals surface area contributed by atoms with Gasteiger partial charge in [-0.25, -0.2) is 8.78 Å². The van der Waals surface area contributed by atoms with Gasteiger partial charge in [0.25, 0.3) is 0 Å². The SMILES string of the molecule is OC(c1cc2cc(F)ccc2s1)c1ccc(Br)c(Cl)c1F. The highest BCUT2D eigenvalue weighted by Crippen LogP contribution is 2.37. The van der Waals surface area contributed by atoms with Crippen LogP contribution in [-0.2, 0) is 0 Å². The first-order chi connectivity index (χ1) is 9.97. The van der Waals surface area contributed by atoms with Gasteiger partial charge in [0.2, 0.25) is 0 Å². The Hall–Kier alpha value is -1.01. The molecule has 0 saturated heterocycles. The zero-order valence-corrected chi connectivity index (χ0v) is 13.6. The van der Waals surface area contributed by atoms with E-state index in [4.69, 9.17) is 11.6 Å². The molecule has 0 aliphatic rings. The smallest absolute Gasteiger partial charge is 0.149 e. The van der Waals surface area contributed by atoms with Crippen LogP contribution < -0.4 is 0 Å². The average molecular weight is 390 g/mol. The van der Waals surface area contributed by atoms with Crippen molar-refractivity contribution in [3.05, 3.63) is 68.0 Å². The minimum atomic E-state index is -1.14. The van der Waals surface area contributed by atoms with E-state index >= 15 is 0 Å². The third-order valence-electron chi connectivity index (χ3n) is 3.13. The van der Waals surface area contributed by atoms with Crippen molar-refractivity contribution in [2.45, 2.75) is 6.10 Å². The highest BCUT2D eigenvalue weighted by atomic mass is 79.9. The maximum atomic E-state index is 14.1. The van der Waals surface area contributed by atoms with Gasteiger partial charge in [0, 0.05) is 19.6 Å². The molecular weight excluding hydrogens is 382 g/mol. The van der Waals surface area contributed by atoms with E-state index in [1.165, 1.54) is 29.5 Å². The molecule has 21 heavy (non-hydrogen) atoms. The van der Waals surface area contributed by atoms with Crippen molar-refractivity contribution in [2.24, 2.45) is 0 Å². The number of benzene rings is 2. The fourth-order valence-electron chi connectivity index (χ4n) is 2.07. The quantitative estimate of drug-likeness (QED) is 0.559. The summed E-state index contributed by atoms with van der Waals surface area (Å²) in [6.07, 6.45) is -1.14. The van der Waals surface area contributed by atoms with Crippen LogP contribution >= 0.6 is 38.9 Å². The van der Waals surface area contributed by atoms with Crippen LogP contribution in [0.15, 0.2) is 40.9 Å². The molecule has 0 spiro atoms. The molecule has 1 N–H and O–H groups in total. The van der Waals surface area contributed by atoms with E-state index in [1.54, 1.807) is 18.2 Å². The lowest BCUT2D eigenvalue weighted by Crippen LogP contribution is -2.01. The van der Waals surface area contributed by atoms with Crippen LogP contribution in [0.4, 0.5) is 8.78 Å².